The first kappa shape index (κ1) is 22.8. The highest BCUT2D eigenvalue weighted by atomic mass is 16.6. The Morgan fingerprint density at radius 1 is 1.03 bits per heavy atom. The van der Waals surface area contributed by atoms with Crippen LogP contribution in [0.5, 0.6) is 0 Å². The Morgan fingerprint density at radius 3 is 2.45 bits per heavy atom. The molecule has 1 atom stereocenters. The summed E-state index contributed by atoms with van der Waals surface area (Å²) in [6, 6.07) is 20.3. The molecule has 0 aliphatic carbocycles. The van der Waals surface area contributed by atoms with Crippen LogP contribution >= 0.6 is 0 Å². The van der Waals surface area contributed by atoms with Gasteiger partial charge < -0.3 is 4.74 Å². The summed E-state index contributed by atoms with van der Waals surface area (Å²) in [4.78, 5) is 12.7. The van der Waals surface area contributed by atoms with Crippen molar-refractivity contribution in [3.63, 3.8) is 0 Å². The highest BCUT2D eigenvalue weighted by Gasteiger charge is 2.20. The van der Waals surface area contributed by atoms with Gasteiger partial charge in [0.15, 0.2) is 0 Å². The van der Waals surface area contributed by atoms with Crippen LogP contribution < -0.4 is 0 Å². The summed E-state index contributed by atoms with van der Waals surface area (Å²) >= 11 is 0. The third-order valence-corrected chi connectivity index (χ3v) is 6.00. The lowest BCUT2D eigenvalue weighted by Gasteiger charge is -2.20. The van der Waals surface area contributed by atoms with Gasteiger partial charge in [0, 0.05) is 18.2 Å². The summed E-state index contributed by atoms with van der Waals surface area (Å²) in [5, 5.41) is 4.58. The number of esters is 1. The van der Waals surface area contributed by atoms with Gasteiger partial charge in [-0.2, -0.15) is 5.10 Å². The van der Waals surface area contributed by atoms with E-state index in [2.05, 4.69) is 55.3 Å². The summed E-state index contributed by atoms with van der Waals surface area (Å²) in [6.45, 7) is 10.1. The number of carbonyl (C=O) groups excluding carboxylic acids is 1. The number of hydrogen-bond acceptors (Lipinski definition) is 3. The topological polar surface area (TPSA) is 43.6 Å². The SMILES string of the molecule is CCC(C)c1cccn2ncc(Cc3ccc(-c4ccccc4C(=O)OC(C)(C)C)cc3)c12. The number of ether oxygens (including phenoxy) is 1. The lowest BCUT2D eigenvalue weighted by atomic mass is 9.94. The molecule has 4 aromatic rings. The first-order chi connectivity index (χ1) is 15.8. The Kier molecular flexibility index (Phi) is 6.37. The fraction of sp³-hybridized carbons (Fsp3) is 0.310. The molecule has 33 heavy (non-hydrogen) atoms. The molecular formula is C29H32N2O2. The molecule has 0 bridgehead atoms. The van der Waals surface area contributed by atoms with Crippen LogP contribution in [-0.2, 0) is 11.2 Å². The number of nitrogens with zero attached hydrogens (tertiary/aromatic N) is 2. The number of aromatic nitrogens is 2. The Morgan fingerprint density at radius 2 is 1.76 bits per heavy atom. The number of pyridine rings is 1. The third kappa shape index (κ3) is 5.00. The Bertz CT molecular complexity index is 1260. The van der Waals surface area contributed by atoms with Crippen LogP contribution in [0.3, 0.4) is 0 Å². The second-order valence-corrected chi connectivity index (χ2v) is 9.66. The number of fused-ring (bicyclic) bond motifs is 1. The summed E-state index contributed by atoms with van der Waals surface area (Å²) in [5.74, 6) is 0.182. The second-order valence-electron chi connectivity index (χ2n) is 9.66. The molecule has 0 amide bonds. The molecule has 2 aromatic carbocycles. The zero-order valence-electron chi connectivity index (χ0n) is 20.1. The molecule has 0 aliphatic heterocycles. The van der Waals surface area contributed by atoms with Gasteiger partial charge >= 0.3 is 5.97 Å². The van der Waals surface area contributed by atoms with Crippen molar-refractivity contribution in [3.8, 4) is 11.1 Å². The Hall–Kier alpha value is -3.40. The normalized spacial score (nSPS) is 12.6. The molecule has 0 saturated heterocycles. The fourth-order valence-electron chi connectivity index (χ4n) is 4.15. The second kappa shape index (κ2) is 9.22. The van der Waals surface area contributed by atoms with Crippen molar-refractivity contribution in [2.24, 2.45) is 0 Å². The molecule has 170 valence electrons. The molecule has 0 spiro atoms. The molecule has 0 fully saturated rings. The minimum absolute atomic E-state index is 0.300. The van der Waals surface area contributed by atoms with Crippen molar-refractivity contribution in [2.45, 2.75) is 59.0 Å². The van der Waals surface area contributed by atoms with E-state index in [-0.39, 0.29) is 5.97 Å². The van der Waals surface area contributed by atoms with Gasteiger partial charge in [0.25, 0.3) is 0 Å². The molecule has 0 aliphatic rings. The Labute approximate surface area is 196 Å². The average molecular weight is 441 g/mol. The van der Waals surface area contributed by atoms with Gasteiger partial charge in [0.2, 0.25) is 0 Å². The molecule has 2 heterocycles. The van der Waals surface area contributed by atoms with Crippen LogP contribution in [0.1, 0.15) is 74.0 Å². The predicted octanol–water partition coefficient (Wildman–Crippen LogP) is 7.06. The fourth-order valence-corrected chi connectivity index (χ4v) is 4.15. The van der Waals surface area contributed by atoms with E-state index in [1.165, 1.54) is 22.2 Å². The van der Waals surface area contributed by atoms with E-state index in [0.29, 0.717) is 11.5 Å². The Balaban J connectivity index is 1.62. The molecular weight excluding hydrogens is 408 g/mol. The lowest BCUT2D eigenvalue weighted by Crippen LogP contribution is -2.24. The molecule has 0 N–H and O–H groups in total. The van der Waals surface area contributed by atoms with Crippen LogP contribution in [0.4, 0.5) is 0 Å². The highest BCUT2D eigenvalue weighted by molar-refractivity contribution is 5.97. The summed E-state index contributed by atoms with van der Waals surface area (Å²) < 4.78 is 7.60. The minimum atomic E-state index is -0.531. The zero-order chi connectivity index (χ0) is 23.6. The van der Waals surface area contributed by atoms with Gasteiger partial charge in [0.1, 0.15) is 5.60 Å². The van der Waals surface area contributed by atoms with E-state index < -0.39 is 5.60 Å². The largest absolute Gasteiger partial charge is 0.456 e. The van der Waals surface area contributed by atoms with E-state index in [1.54, 1.807) is 0 Å². The first-order valence-corrected chi connectivity index (χ1v) is 11.6. The van der Waals surface area contributed by atoms with Crippen molar-refractivity contribution < 1.29 is 9.53 Å². The smallest absolute Gasteiger partial charge is 0.339 e. The number of hydrogen-bond donors (Lipinski definition) is 0. The highest BCUT2D eigenvalue weighted by Crippen LogP contribution is 2.29. The van der Waals surface area contributed by atoms with E-state index in [4.69, 9.17) is 4.74 Å². The number of carbonyl (C=O) groups is 1. The summed E-state index contributed by atoms with van der Waals surface area (Å²) in [7, 11) is 0. The molecule has 2 aromatic heterocycles. The van der Waals surface area contributed by atoms with Crippen LogP contribution in [0.25, 0.3) is 16.6 Å². The number of rotatable bonds is 6. The molecule has 4 heteroatoms. The third-order valence-electron chi connectivity index (χ3n) is 6.00. The van der Waals surface area contributed by atoms with E-state index >= 15 is 0 Å². The zero-order valence-corrected chi connectivity index (χ0v) is 20.1. The molecule has 0 radical (unpaired) electrons. The lowest BCUT2D eigenvalue weighted by molar-refractivity contribution is 0.00704. The van der Waals surface area contributed by atoms with Gasteiger partial charge in [-0.05, 0) is 67.5 Å². The van der Waals surface area contributed by atoms with Crippen molar-refractivity contribution in [1.82, 2.24) is 9.61 Å². The van der Waals surface area contributed by atoms with Crippen LogP contribution in [-0.4, -0.2) is 21.2 Å². The van der Waals surface area contributed by atoms with Crippen molar-refractivity contribution >= 4 is 11.5 Å². The maximum Gasteiger partial charge on any atom is 0.339 e. The summed E-state index contributed by atoms with van der Waals surface area (Å²) in [6.07, 6.45) is 5.90. The van der Waals surface area contributed by atoms with E-state index in [1.807, 2.05) is 61.9 Å². The average Bonchev–Trinajstić information content (AvgIpc) is 3.21. The molecule has 1 unspecified atom stereocenters. The predicted molar refractivity (Wildman–Crippen MR) is 134 cm³/mol. The van der Waals surface area contributed by atoms with Crippen LogP contribution in [0.15, 0.2) is 73.1 Å². The minimum Gasteiger partial charge on any atom is -0.456 e. The standard InChI is InChI=1S/C29H32N2O2/c1-6-20(2)24-12-9-17-31-27(24)23(19-30-31)18-21-13-15-22(16-14-21)25-10-7-8-11-26(25)28(32)33-29(3,4)5/h7-17,19-20H,6,18H2,1-5H3. The van der Waals surface area contributed by atoms with E-state index in [9.17, 15) is 4.79 Å². The molecule has 4 rings (SSSR count). The van der Waals surface area contributed by atoms with Crippen LogP contribution in [0.2, 0.25) is 0 Å². The van der Waals surface area contributed by atoms with Gasteiger partial charge in [-0.1, -0.05) is 62.4 Å². The van der Waals surface area contributed by atoms with Crippen molar-refractivity contribution in [3.05, 3.63) is 95.3 Å². The summed E-state index contributed by atoms with van der Waals surface area (Å²) in [5.41, 5.74) is 6.93. The maximum atomic E-state index is 12.7. The van der Waals surface area contributed by atoms with E-state index in [0.717, 1.165) is 24.0 Å². The molecule has 4 nitrogen and oxygen atoms in total. The van der Waals surface area contributed by atoms with Crippen LogP contribution in [0, 0.1) is 0 Å². The van der Waals surface area contributed by atoms with Gasteiger partial charge in [-0.25, -0.2) is 9.31 Å². The molecule has 0 saturated carbocycles. The van der Waals surface area contributed by atoms with Gasteiger partial charge in [-0.3, -0.25) is 0 Å². The van der Waals surface area contributed by atoms with Crippen molar-refractivity contribution in [2.75, 3.05) is 0 Å². The van der Waals surface area contributed by atoms with Gasteiger partial charge in [-0.15, -0.1) is 0 Å². The first-order valence-electron chi connectivity index (χ1n) is 11.6. The number of benzene rings is 2. The van der Waals surface area contributed by atoms with Crippen molar-refractivity contribution in [1.29, 1.82) is 0 Å². The quantitative estimate of drug-likeness (QED) is 0.301. The monoisotopic (exact) mass is 440 g/mol. The maximum absolute atomic E-state index is 12.7. The van der Waals surface area contributed by atoms with Gasteiger partial charge in [0.05, 0.1) is 17.3 Å².